The molecule has 0 aromatic carbocycles. The third kappa shape index (κ3) is 16.0. The molecule has 0 aliphatic heterocycles. The van der Waals surface area contributed by atoms with E-state index in [0.29, 0.717) is 11.6 Å². The van der Waals surface area contributed by atoms with Gasteiger partial charge in [0, 0.05) is 12.4 Å². The van der Waals surface area contributed by atoms with Crippen molar-refractivity contribution in [3.63, 3.8) is 0 Å². The SMILES string of the molecule is CCCCCCCCCCCCNC(NCCCCCCCCCCCC)Nc1nc2nccnc2c(=O)[nH]1. The molecule has 0 aliphatic carbocycles. The van der Waals surface area contributed by atoms with Gasteiger partial charge in [-0.2, -0.15) is 4.98 Å². The van der Waals surface area contributed by atoms with E-state index < -0.39 is 0 Å². The summed E-state index contributed by atoms with van der Waals surface area (Å²) in [7, 11) is 0. The van der Waals surface area contributed by atoms with Gasteiger partial charge in [0.05, 0.1) is 0 Å². The largest absolute Gasteiger partial charge is 0.328 e. The van der Waals surface area contributed by atoms with Crippen LogP contribution in [0.2, 0.25) is 0 Å². The molecular weight excluding hydrogens is 486 g/mol. The van der Waals surface area contributed by atoms with Crippen LogP contribution in [0.1, 0.15) is 142 Å². The van der Waals surface area contributed by atoms with Gasteiger partial charge >= 0.3 is 0 Å². The highest BCUT2D eigenvalue weighted by atomic mass is 16.1. The van der Waals surface area contributed by atoms with Gasteiger partial charge in [0.1, 0.15) is 6.29 Å². The maximum atomic E-state index is 12.4. The molecule has 8 heteroatoms. The van der Waals surface area contributed by atoms with Crippen LogP contribution in [0.4, 0.5) is 5.95 Å². The molecule has 0 saturated carbocycles. The standard InChI is InChI=1S/C31H57N7O/c1-3-5-7-9-11-13-15-17-19-21-23-34-30(35-24-22-20-18-16-14-12-10-8-6-4-2)38-31-36-28-27(29(39)37-31)32-25-26-33-28/h25-26,30,34-35H,3-24H2,1-2H3,(H2,33,36,37,38,39). The summed E-state index contributed by atoms with van der Waals surface area (Å²) in [6, 6.07) is 0. The molecule has 0 bridgehead atoms. The highest BCUT2D eigenvalue weighted by Crippen LogP contribution is 2.11. The fraction of sp³-hybridized carbons (Fsp3) is 0.806. The number of anilines is 1. The summed E-state index contributed by atoms with van der Waals surface area (Å²) in [5, 5.41) is 10.5. The van der Waals surface area contributed by atoms with Crippen LogP contribution in [0.15, 0.2) is 17.2 Å². The van der Waals surface area contributed by atoms with Crippen molar-refractivity contribution >= 4 is 17.1 Å². The molecule has 0 saturated heterocycles. The summed E-state index contributed by atoms with van der Waals surface area (Å²) >= 11 is 0. The molecule has 2 aromatic heterocycles. The van der Waals surface area contributed by atoms with Gasteiger partial charge in [-0.3, -0.25) is 20.4 Å². The molecule has 2 heterocycles. The Bertz CT molecular complexity index is 878. The zero-order valence-corrected chi connectivity index (χ0v) is 25.0. The smallest absolute Gasteiger partial charge is 0.280 e. The van der Waals surface area contributed by atoms with E-state index in [4.69, 9.17) is 0 Å². The topological polar surface area (TPSA) is 108 Å². The third-order valence-corrected chi connectivity index (χ3v) is 7.38. The number of unbranched alkanes of at least 4 members (excludes halogenated alkanes) is 18. The zero-order valence-electron chi connectivity index (χ0n) is 25.0. The first kappa shape index (κ1) is 33.1. The maximum absolute atomic E-state index is 12.4. The summed E-state index contributed by atoms with van der Waals surface area (Å²) in [6.07, 6.45) is 29.4. The van der Waals surface area contributed by atoms with Crippen LogP contribution in [0.5, 0.6) is 0 Å². The summed E-state index contributed by atoms with van der Waals surface area (Å²) in [4.78, 5) is 28.0. The minimum absolute atomic E-state index is 0.167. The zero-order chi connectivity index (χ0) is 27.8. The lowest BCUT2D eigenvalue weighted by Gasteiger charge is -2.22. The van der Waals surface area contributed by atoms with Crippen LogP contribution in [-0.4, -0.2) is 39.3 Å². The average molecular weight is 544 g/mol. The van der Waals surface area contributed by atoms with Crippen molar-refractivity contribution in [2.45, 2.75) is 149 Å². The van der Waals surface area contributed by atoms with Gasteiger partial charge in [-0.25, -0.2) is 9.97 Å². The number of rotatable bonds is 26. The Kier molecular flexibility index (Phi) is 19.3. The highest BCUT2D eigenvalue weighted by Gasteiger charge is 2.11. The minimum Gasteiger partial charge on any atom is -0.328 e. The van der Waals surface area contributed by atoms with Gasteiger partial charge in [-0.05, 0) is 25.9 Å². The van der Waals surface area contributed by atoms with Gasteiger partial charge in [0.25, 0.3) is 5.56 Å². The number of H-pyrrole nitrogens is 1. The van der Waals surface area contributed by atoms with Crippen molar-refractivity contribution in [3.8, 4) is 0 Å². The van der Waals surface area contributed by atoms with Gasteiger partial charge in [0.15, 0.2) is 11.2 Å². The number of nitrogens with one attached hydrogen (secondary N) is 4. The van der Waals surface area contributed by atoms with Crippen molar-refractivity contribution in [1.82, 2.24) is 30.6 Å². The van der Waals surface area contributed by atoms with Crippen LogP contribution in [0, 0.1) is 0 Å². The minimum atomic E-state index is -0.279. The lowest BCUT2D eigenvalue weighted by Crippen LogP contribution is -2.49. The summed E-state index contributed by atoms with van der Waals surface area (Å²) in [5.74, 6) is 0.407. The molecule has 0 aliphatic rings. The normalized spacial score (nSPS) is 11.6. The first-order valence-corrected chi connectivity index (χ1v) is 16.2. The fourth-order valence-electron chi connectivity index (χ4n) is 4.97. The summed E-state index contributed by atoms with van der Waals surface area (Å²) in [5.41, 5.74) is 0.335. The molecule has 2 aromatic rings. The van der Waals surface area contributed by atoms with Crippen LogP contribution in [0.25, 0.3) is 11.2 Å². The van der Waals surface area contributed by atoms with E-state index in [2.05, 4.69) is 49.7 Å². The van der Waals surface area contributed by atoms with E-state index in [1.807, 2.05) is 0 Å². The predicted octanol–water partition coefficient (Wildman–Crippen LogP) is 7.43. The Labute approximate surface area is 237 Å². The van der Waals surface area contributed by atoms with Crippen LogP contribution >= 0.6 is 0 Å². The van der Waals surface area contributed by atoms with Crippen molar-refractivity contribution < 1.29 is 0 Å². The van der Waals surface area contributed by atoms with Crippen LogP contribution < -0.4 is 21.5 Å². The molecular formula is C31H57N7O. The van der Waals surface area contributed by atoms with Crippen LogP contribution in [-0.2, 0) is 0 Å². The van der Waals surface area contributed by atoms with E-state index in [0.717, 1.165) is 25.9 Å². The lowest BCUT2D eigenvalue weighted by molar-refractivity contribution is 0.438. The second-order valence-corrected chi connectivity index (χ2v) is 11.0. The number of aromatic amines is 1. The van der Waals surface area contributed by atoms with E-state index in [9.17, 15) is 4.79 Å². The fourth-order valence-corrected chi connectivity index (χ4v) is 4.97. The van der Waals surface area contributed by atoms with E-state index in [-0.39, 0.29) is 17.4 Å². The molecule has 8 nitrogen and oxygen atoms in total. The van der Waals surface area contributed by atoms with E-state index in [1.54, 1.807) is 6.20 Å². The second kappa shape index (κ2) is 22.7. The Morgan fingerprint density at radius 3 is 1.56 bits per heavy atom. The molecule has 0 fully saturated rings. The Morgan fingerprint density at radius 1 is 0.641 bits per heavy atom. The monoisotopic (exact) mass is 543 g/mol. The molecule has 0 atom stereocenters. The Hall–Kier alpha value is -2.06. The van der Waals surface area contributed by atoms with Crippen molar-refractivity contribution in [1.29, 1.82) is 0 Å². The van der Waals surface area contributed by atoms with Crippen molar-refractivity contribution in [2.75, 3.05) is 18.4 Å². The van der Waals surface area contributed by atoms with E-state index in [1.165, 1.54) is 122 Å². The van der Waals surface area contributed by atoms with Gasteiger partial charge < -0.3 is 5.32 Å². The lowest BCUT2D eigenvalue weighted by atomic mass is 10.1. The van der Waals surface area contributed by atoms with Gasteiger partial charge in [-0.15, -0.1) is 0 Å². The number of hydrogen-bond donors (Lipinski definition) is 4. The molecule has 4 N–H and O–H groups in total. The van der Waals surface area contributed by atoms with E-state index >= 15 is 0 Å². The molecule has 39 heavy (non-hydrogen) atoms. The molecule has 0 radical (unpaired) electrons. The third-order valence-electron chi connectivity index (χ3n) is 7.38. The molecule has 0 amide bonds. The predicted molar refractivity (Wildman–Crippen MR) is 165 cm³/mol. The number of fused-ring (bicyclic) bond motifs is 1. The van der Waals surface area contributed by atoms with Crippen LogP contribution in [0.3, 0.4) is 0 Å². The van der Waals surface area contributed by atoms with Gasteiger partial charge in [-0.1, -0.05) is 129 Å². The molecule has 222 valence electrons. The average Bonchev–Trinajstić information content (AvgIpc) is 2.94. The summed E-state index contributed by atoms with van der Waals surface area (Å²) < 4.78 is 0. The highest BCUT2D eigenvalue weighted by molar-refractivity contribution is 5.68. The molecule has 0 spiro atoms. The van der Waals surface area contributed by atoms with Gasteiger partial charge in [0.2, 0.25) is 5.95 Å². The quantitative estimate of drug-likeness (QED) is 0.0722. The number of hydrogen-bond acceptors (Lipinski definition) is 7. The number of aromatic nitrogens is 4. The first-order chi connectivity index (χ1) is 19.2. The van der Waals surface area contributed by atoms with Crippen molar-refractivity contribution in [2.24, 2.45) is 0 Å². The summed E-state index contributed by atoms with van der Waals surface area (Å²) in [6.45, 7) is 6.37. The maximum Gasteiger partial charge on any atom is 0.280 e. The second-order valence-electron chi connectivity index (χ2n) is 11.0. The number of nitrogens with zero attached hydrogens (tertiary/aromatic N) is 3. The molecule has 0 unspecified atom stereocenters. The molecule has 2 rings (SSSR count). The first-order valence-electron chi connectivity index (χ1n) is 16.2. The van der Waals surface area contributed by atoms with Crippen molar-refractivity contribution in [3.05, 3.63) is 22.7 Å². The Balaban J connectivity index is 1.69. The Morgan fingerprint density at radius 2 is 1.08 bits per heavy atom.